The van der Waals surface area contributed by atoms with Crippen LogP contribution in [0, 0.1) is 22.7 Å². The second-order valence-electron chi connectivity index (χ2n) is 16.0. The van der Waals surface area contributed by atoms with E-state index >= 15 is 0 Å². The zero-order chi connectivity index (χ0) is 42.7. The SMILES string of the molecule is N#Cc1ccc(N(c2ccc(-c3ccc(N(c4ccc(C#N)cc4)c4ccc5c(c4)oc4ccc6ccccc6c45)cc3)cc2)c2ccc3c(c2)oc2ccc4ccccc4c23)cc1. The molecule has 0 aliphatic rings. The van der Waals surface area contributed by atoms with Crippen molar-refractivity contribution < 1.29 is 8.83 Å². The number of fused-ring (bicyclic) bond motifs is 10. The number of anilines is 6. The van der Waals surface area contributed by atoms with E-state index in [1.54, 1.807) is 0 Å². The Kier molecular flexibility index (Phi) is 8.50. The molecule has 0 N–H and O–H groups in total. The Morgan fingerprint density at radius 2 is 0.672 bits per heavy atom. The van der Waals surface area contributed by atoms with Gasteiger partial charge in [-0.05, 0) is 142 Å². The standard InChI is InChI=1S/C58H34N4O2/c59-35-37-9-19-43(20-10-37)61(47-27-29-51-55(33-47)63-53-31-17-41-5-1-3-7-49(41)57(51)53)45-23-13-39(14-24-45)40-15-25-46(26-16-40)62(44-21-11-38(36-60)12-22-44)48-28-30-52-56(34-48)64-54-32-18-42-6-2-4-8-50(42)58(52)54/h1-34H. The Hall–Kier alpha value is -9.10. The summed E-state index contributed by atoms with van der Waals surface area (Å²) in [7, 11) is 0. The van der Waals surface area contributed by atoms with Gasteiger partial charge in [0, 0.05) is 67.8 Å². The predicted molar refractivity (Wildman–Crippen MR) is 260 cm³/mol. The lowest BCUT2D eigenvalue weighted by atomic mass is 10.0. The molecule has 0 atom stereocenters. The van der Waals surface area contributed by atoms with E-state index in [-0.39, 0.29) is 0 Å². The fraction of sp³-hybridized carbons (Fsp3) is 0. The van der Waals surface area contributed by atoms with Gasteiger partial charge < -0.3 is 18.6 Å². The normalized spacial score (nSPS) is 11.4. The minimum atomic E-state index is 0.601. The molecule has 64 heavy (non-hydrogen) atoms. The van der Waals surface area contributed by atoms with Gasteiger partial charge >= 0.3 is 0 Å². The zero-order valence-electron chi connectivity index (χ0n) is 34.2. The minimum Gasteiger partial charge on any atom is -0.456 e. The topological polar surface area (TPSA) is 80.3 Å². The molecule has 0 aliphatic heterocycles. The van der Waals surface area contributed by atoms with Crippen molar-refractivity contribution in [2.24, 2.45) is 0 Å². The third-order valence-electron chi connectivity index (χ3n) is 12.3. The number of hydrogen-bond donors (Lipinski definition) is 0. The van der Waals surface area contributed by atoms with Gasteiger partial charge in [-0.2, -0.15) is 10.5 Å². The monoisotopic (exact) mass is 818 g/mol. The van der Waals surface area contributed by atoms with E-state index in [1.165, 1.54) is 21.5 Å². The van der Waals surface area contributed by atoms with Crippen LogP contribution in [0.5, 0.6) is 0 Å². The second kappa shape index (κ2) is 14.8. The highest BCUT2D eigenvalue weighted by Gasteiger charge is 2.19. The Labute approximate surface area is 367 Å². The van der Waals surface area contributed by atoms with Gasteiger partial charge in [-0.3, -0.25) is 0 Å². The van der Waals surface area contributed by atoms with Crippen molar-refractivity contribution >= 4 is 99.5 Å². The van der Waals surface area contributed by atoms with Gasteiger partial charge in [-0.15, -0.1) is 0 Å². The smallest absolute Gasteiger partial charge is 0.137 e. The van der Waals surface area contributed by atoms with Gasteiger partial charge in [0.1, 0.15) is 22.3 Å². The third kappa shape index (κ3) is 6.10. The first-order valence-corrected chi connectivity index (χ1v) is 21.1. The van der Waals surface area contributed by atoms with Gasteiger partial charge in [-0.25, -0.2) is 0 Å². The van der Waals surface area contributed by atoms with Crippen LogP contribution in [0.2, 0.25) is 0 Å². The van der Waals surface area contributed by atoms with Crippen molar-refractivity contribution in [1.82, 2.24) is 0 Å². The molecule has 0 spiro atoms. The number of nitrogens with zero attached hydrogens (tertiary/aromatic N) is 4. The molecular weight excluding hydrogens is 785 g/mol. The summed E-state index contributed by atoms with van der Waals surface area (Å²) in [5, 5.41) is 28.2. The van der Waals surface area contributed by atoms with Gasteiger partial charge in [0.2, 0.25) is 0 Å². The van der Waals surface area contributed by atoms with Crippen LogP contribution >= 0.6 is 0 Å². The van der Waals surface area contributed by atoms with E-state index in [9.17, 15) is 10.5 Å². The average Bonchev–Trinajstić information content (AvgIpc) is 3.93. The fourth-order valence-electron chi connectivity index (χ4n) is 9.22. The van der Waals surface area contributed by atoms with Crippen LogP contribution in [0.1, 0.15) is 11.1 Å². The number of furan rings is 2. The van der Waals surface area contributed by atoms with E-state index in [0.29, 0.717) is 11.1 Å². The van der Waals surface area contributed by atoms with Crippen molar-refractivity contribution in [3.63, 3.8) is 0 Å². The summed E-state index contributed by atoms with van der Waals surface area (Å²) < 4.78 is 13.0. The van der Waals surface area contributed by atoms with Crippen molar-refractivity contribution in [2.45, 2.75) is 0 Å². The summed E-state index contributed by atoms with van der Waals surface area (Å²) in [6.07, 6.45) is 0. The van der Waals surface area contributed by atoms with Crippen LogP contribution in [0.3, 0.4) is 0 Å². The maximum Gasteiger partial charge on any atom is 0.137 e. The molecule has 0 radical (unpaired) electrons. The molecule has 0 unspecified atom stereocenters. The quantitative estimate of drug-likeness (QED) is 0.159. The lowest BCUT2D eigenvalue weighted by Crippen LogP contribution is -2.10. The molecule has 6 heteroatoms. The molecule has 0 saturated carbocycles. The number of nitriles is 2. The molecule has 2 aromatic heterocycles. The molecule has 6 nitrogen and oxygen atoms in total. The molecule has 0 fully saturated rings. The highest BCUT2D eigenvalue weighted by molar-refractivity contribution is 6.20. The third-order valence-corrected chi connectivity index (χ3v) is 12.3. The Bertz CT molecular complexity index is 3600. The molecule has 10 aromatic carbocycles. The summed E-state index contributed by atoms with van der Waals surface area (Å²) in [4.78, 5) is 4.38. The van der Waals surface area contributed by atoms with Crippen molar-refractivity contribution in [1.29, 1.82) is 10.5 Å². The van der Waals surface area contributed by atoms with Crippen molar-refractivity contribution in [3.05, 3.63) is 217 Å². The fourth-order valence-corrected chi connectivity index (χ4v) is 9.22. The minimum absolute atomic E-state index is 0.601. The van der Waals surface area contributed by atoms with E-state index in [4.69, 9.17) is 8.83 Å². The van der Waals surface area contributed by atoms with Crippen LogP contribution in [-0.4, -0.2) is 0 Å². The summed E-state index contributed by atoms with van der Waals surface area (Å²) in [5.41, 5.74) is 12.3. The number of hydrogen-bond acceptors (Lipinski definition) is 6. The van der Waals surface area contributed by atoms with Gasteiger partial charge in [-0.1, -0.05) is 84.9 Å². The lowest BCUT2D eigenvalue weighted by Gasteiger charge is -2.26. The van der Waals surface area contributed by atoms with Crippen LogP contribution in [-0.2, 0) is 0 Å². The van der Waals surface area contributed by atoms with Crippen LogP contribution in [0.25, 0.3) is 76.5 Å². The molecule has 0 bridgehead atoms. The zero-order valence-corrected chi connectivity index (χ0v) is 34.2. The van der Waals surface area contributed by atoms with Crippen LogP contribution in [0.4, 0.5) is 34.1 Å². The van der Waals surface area contributed by atoms with Crippen LogP contribution in [0.15, 0.2) is 215 Å². The number of rotatable bonds is 7. The molecule has 0 amide bonds. The maximum atomic E-state index is 9.58. The first-order valence-electron chi connectivity index (χ1n) is 21.1. The van der Waals surface area contributed by atoms with E-state index in [2.05, 4.69) is 168 Å². The summed E-state index contributed by atoms with van der Waals surface area (Å²) in [5.74, 6) is 0. The molecule has 0 saturated heterocycles. The maximum absolute atomic E-state index is 9.58. The summed E-state index contributed by atoms with van der Waals surface area (Å²) in [6, 6.07) is 74.8. The van der Waals surface area contributed by atoms with Crippen molar-refractivity contribution in [3.8, 4) is 23.3 Å². The molecule has 298 valence electrons. The largest absolute Gasteiger partial charge is 0.456 e. The van der Waals surface area contributed by atoms with Gasteiger partial charge in [0.05, 0.1) is 23.3 Å². The highest BCUT2D eigenvalue weighted by Crippen LogP contribution is 2.43. The predicted octanol–water partition coefficient (Wildman–Crippen LogP) is 16.1. The van der Waals surface area contributed by atoms with E-state index in [1.807, 2.05) is 60.7 Å². The Morgan fingerprint density at radius 1 is 0.312 bits per heavy atom. The molecular formula is C58H34N4O2. The first-order chi connectivity index (χ1) is 31.6. The van der Waals surface area contributed by atoms with Crippen LogP contribution < -0.4 is 9.80 Å². The van der Waals surface area contributed by atoms with Gasteiger partial charge in [0.15, 0.2) is 0 Å². The second-order valence-corrected chi connectivity index (χ2v) is 16.0. The molecule has 12 aromatic rings. The lowest BCUT2D eigenvalue weighted by molar-refractivity contribution is 0.669. The highest BCUT2D eigenvalue weighted by atomic mass is 16.3. The van der Waals surface area contributed by atoms with Gasteiger partial charge in [0.25, 0.3) is 0 Å². The summed E-state index contributed by atoms with van der Waals surface area (Å²) >= 11 is 0. The van der Waals surface area contributed by atoms with Crippen molar-refractivity contribution in [2.75, 3.05) is 9.80 Å². The number of benzene rings is 10. The Balaban J connectivity index is 0.902. The molecule has 12 rings (SSSR count). The van der Waals surface area contributed by atoms with E-state index in [0.717, 1.165) is 89.1 Å². The molecule has 0 aliphatic carbocycles. The van der Waals surface area contributed by atoms with E-state index < -0.39 is 0 Å². The Morgan fingerprint density at radius 3 is 1.06 bits per heavy atom. The molecule has 2 heterocycles. The summed E-state index contributed by atoms with van der Waals surface area (Å²) in [6.45, 7) is 0. The first kappa shape index (κ1) is 36.7. The average molecular weight is 819 g/mol.